The molecule has 0 fully saturated rings. The standard InChI is InChI=1S/C18H18ClN3O4S/c1-26-7-6-20-16(23)11-21-15-9-12(19)4-5-14(15)17(24)22(18(21)25)10-13-3-2-8-27-13/h2-5,8-9H,6-7,10-11H2,1H3,(H,20,23). The number of ether oxygens (including phenoxy) is 1. The van der Waals surface area contributed by atoms with Crippen molar-refractivity contribution in [2.24, 2.45) is 0 Å². The molecular weight excluding hydrogens is 390 g/mol. The number of amides is 1. The lowest BCUT2D eigenvalue weighted by Crippen LogP contribution is -2.43. The van der Waals surface area contributed by atoms with Crippen LogP contribution in [-0.2, 0) is 22.6 Å². The molecule has 0 saturated carbocycles. The number of hydrogen-bond acceptors (Lipinski definition) is 5. The van der Waals surface area contributed by atoms with Crippen molar-refractivity contribution < 1.29 is 9.53 Å². The zero-order chi connectivity index (χ0) is 19.4. The molecule has 7 nitrogen and oxygen atoms in total. The van der Waals surface area contributed by atoms with Crippen LogP contribution in [0.15, 0.2) is 45.3 Å². The second kappa shape index (κ2) is 8.51. The number of halogens is 1. The van der Waals surface area contributed by atoms with Gasteiger partial charge in [0.15, 0.2) is 0 Å². The Bertz CT molecular complexity index is 1070. The Hall–Kier alpha value is -2.42. The molecule has 0 aliphatic rings. The fourth-order valence-corrected chi connectivity index (χ4v) is 3.59. The van der Waals surface area contributed by atoms with Crippen molar-refractivity contribution in [2.75, 3.05) is 20.3 Å². The molecule has 27 heavy (non-hydrogen) atoms. The van der Waals surface area contributed by atoms with Gasteiger partial charge in [0.05, 0.1) is 24.1 Å². The molecule has 0 unspecified atom stereocenters. The van der Waals surface area contributed by atoms with Gasteiger partial charge in [-0.15, -0.1) is 11.3 Å². The van der Waals surface area contributed by atoms with Gasteiger partial charge in [0.25, 0.3) is 5.56 Å². The van der Waals surface area contributed by atoms with Gasteiger partial charge in [-0.2, -0.15) is 0 Å². The molecule has 3 aromatic rings. The minimum Gasteiger partial charge on any atom is -0.383 e. The summed E-state index contributed by atoms with van der Waals surface area (Å²) in [5, 5.41) is 5.27. The van der Waals surface area contributed by atoms with Crippen LogP contribution in [0, 0.1) is 0 Å². The number of nitrogens with zero attached hydrogens (tertiary/aromatic N) is 2. The number of carbonyl (C=O) groups is 1. The van der Waals surface area contributed by atoms with Gasteiger partial charge >= 0.3 is 5.69 Å². The Labute approximate surface area is 163 Å². The van der Waals surface area contributed by atoms with Gasteiger partial charge in [0, 0.05) is 23.6 Å². The molecule has 9 heteroatoms. The third-order valence-electron chi connectivity index (χ3n) is 4.01. The van der Waals surface area contributed by atoms with E-state index in [2.05, 4.69) is 5.32 Å². The molecule has 0 radical (unpaired) electrons. The molecule has 0 aliphatic carbocycles. The summed E-state index contributed by atoms with van der Waals surface area (Å²) in [5.41, 5.74) is -0.622. The lowest BCUT2D eigenvalue weighted by Gasteiger charge is -2.14. The molecule has 0 aliphatic heterocycles. The SMILES string of the molecule is COCCNC(=O)Cn1c(=O)n(Cc2cccs2)c(=O)c2ccc(Cl)cc21. The highest BCUT2D eigenvalue weighted by molar-refractivity contribution is 7.09. The molecule has 1 N–H and O–H groups in total. The first-order valence-electron chi connectivity index (χ1n) is 8.22. The van der Waals surface area contributed by atoms with Gasteiger partial charge in [0.2, 0.25) is 5.91 Å². The number of methoxy groups -OCH3 is 1. The summed E-state index contributed by atoms with van der Waals surface area (Å²) in [7, 11) is 1.53. The maximum Gasteiger partial charge on any atom is 0.332 e. The largest absolute Gasteiger partial charge is 0.383 e. The molecule has 2 heterocycles. The van der Waals surface area contributed by atoms with Gasteiger partial charge in [-0.1, -0.05) is 17.7 Å². The summed E-state index contributed by atoms with van der Waals surface area (Å²) in [6.45, 7) is 0.631. The van der Waals surface area contributed by atoms with E-state index in [9.17, 15) is 14.4 Å². The first kappa shape index (κ1) is 19.3. The Morgan fingerprint density at radius 3 is 2.78 bits per heavy atom. The average molecular weight is 408 g/mol. The number of rotatable bonds is 7. The molecular formula is C18H18ClN3O4S. The maximum atomic E-state index is 13.0. The zero-order valence-electron chi connectivity index (χ0n) is 14.6. The van der Waals surface area contributed by atoms with Crippen molar-refractivity contribution in [1.82, 2.24) is 14.5 Å². The topological polar surface area (TPSA) is 82.3 Å². The third kappa shape index (κ3) is 4.29. The van der Waals surface area contributed by atoms with Crippen LogP contribution in [0.5, 0.6) is 0 Å². The smallest absolute Gasteiger partial charge is 0.332 e. The van der Waals surface area contributed by atoms with Gasteiger partial charge in [0.1, 0.15) is 6.54 Å². The molecule has 1 amide bonds. The van der Waals surface area contributed by atoms with Crippen LogP contribution in [0.25, 0.3) is 10.9 Å². The molecule has 142 valence electrons. The summed E-state index contributed by atoms with van der Waals surface area (Å²) in [4.78, 5) is 38.9. The molecule has 2 aromatic heterocycles. The van der Waals surface area contributed by atoms with Crippen LogP contribution in [0.1, 0.15) is 4.88 Å². The zero-order valence-corrected chi connectivity index (χ0v) is 16.2. The Morgan fingerprint density at radius 1 is 1.26 bits per heavy atom. The lowest BCUT2D eigenvalue weighted by molar-refractivity contribution is -0.121. The highest BCUT2D eigenvalue weighted by atomic mass is 35.5. The first-order chi connectivity index (χ1) is 13.0. The van der Waals surface area contributed by atoms with Gasteiger partial charge in [-0.25, -0.2) is 4.79 Å². The van der Waals surface area contributed by atoms with E-state index in [1.165, 1.54) is 29.1 Å². The normalized spacial score (nSPS) is 11.0. The predicted octanol–water partition coefficient (Wildman–Crippen LogP) is 1.69. The molecule has 0 bridgehead atoms. The van der Waals surface area contributed by atoms with E-state index < -0.39 is 11.2 Å². The van der Waals surface area contributed by atoms with Crippen molar-refractivity contribution in [3.05, 3.63) is 66.4 Å². The number of carbonyl (C=O) groups excluding carboxylic acids is 1. The summed E-state index contributed by atoms with van der Waals surface area (Å²) in [5.74, 6) is -0.350. The average Bonchev–Trinajstić information content (AvgIpc) is 3.15. The fourth-order valence-electron chi connectivity index (χ4n) is 2.73. The van der Waals surface area contributed by atoms with E-state index in [1.54, 1.807) is 12.1 Å². The molecule has 1 aromatic carbocycles. The number of aromatic nitrogens is 2. The van der Waals surface area contributed by atoms with E-state index in [4.69, 9.17) is 16.3 Å². The molecule has 0 spiro atoms. The van der Waals surface area contributed by atoms with E-state index in [0.29, 0.717) is 29.1 Å². The van der Waals surface area contributed by atoms with Crippen LogP contribution in [-0.4, -0.2) is 35.3 Å². The van der Waals surface area contributed by atoms with Gasteiger partial charge in [-0.05, 0) is 29.6 Å². The highest BCUT2D eigenvalue weighted by Gasteiger charge is 2.16. The number of fused-ring (bicyclic) bond motifs is 1. The van der Waals surface area contributed by atoms with Gasteiger partial charge < -0.3 is 10.1 Å². The number of nitrogens with one attached hydrogen (secondary N) is 1. The molecule has 3 rings (SSSR count). The first-order valence-corrected chi connectivity index (χ1v) is 9.48. The van der Waals surface area contributed by atoms with Crippen LogP contribution in [0.2, 0.25) is 5.02 Å². The van der Waals surface area contributed by atoms with Crippen LogP contribution in [0.4, 0.5) is 0 Å². The van der Waals surface area contributed by atoms with Crippen LogP contribution >= 0.6 is 22.9 Å². The van der Waals surface area contributed by atoms with Crippen molar-refractivity contribution in [1.29, 1.82) is 0 Å². The van der Waals surface area contributed by atoms with Crippen LogP contribution < -0.4 is 16.6 Å². The number of benzene rings is 1. The van der Waals surface area contributed by atoms with Crippen molar-refractivity contribution >= 4 is 39.7 Å². The van der Waals surface area contributed by atoms with E-state index >= 15 is 0 Å². The van der Waals surface area contributed by atoms with E-state index in [1.807, 2.05) is 17.5 Å². The van der Waals surface area contributed by atoms with Gasteiger partial charge in [-0.3, -0.25) is 18.7 Å². The van der Waals surface area contributed by atoms with Crippen molar-refractivity contribution in [3.8, 4) is 0 Å². The monoisotopic (exact) mass is 407 g/mol. The number of thiophene rings is 1. The maximum absolute atomic E-state index is 13.0. The predicted molar refractivity (Wildman–Crippen MR) is 106 cm³/mol. The summed E-state index contributed by atoms with van der Waals surface area (Å²) >= 11 is 7.50. The number of hydrogen-bond donors (Lipinski definition) is 1. The minimum absolute atomic E-state index is 0.152. The highest BCUT2D eigenvalue weighted by Crippen LogP contribution is 2.16. The van der Waals surface area contributed by atoms with E-state index in [0.717, 1.165) is 9.44 Å². The Balaban J connectivity index is 2.09. The second-order valence-electron chi connectivity index (χ2n) is 5.84. The van der Waals surface area contributed by atoms with E-state index in [-0.39, 0.29) is 19.0 Å². The summed E-state index contributed by atoms with van der Waals surface area (Å²) in [6, 6.07) is 8.40. The molecule has 0 atom stereocenters. The Morgan fingerprint density at radius 2 is 2.07 bits per heavy atom. The summed E-state index contributed by atoms with van der Waals surface area (Å²) < 4.78 is 7.32. The Kier molecular flexibility index (Phi) is 6.10. The lowest BCUT2D eigenvalue weighted by atomic mass is 10.2. The quantitative estimate of drug-likeness (QED) is 0.604. The molecule has 0 saturated heterocycles. The van der Waals surface area contributed by atoms with Crippen molar-refractivity contribution in [3.63, 3.8) is 0 Å². The van der Waals surface area contributed by atoms with Crippen LogP contribution in [0.3, 0.4) is 0 Å². The summed E-state index contributed by atoms with van der Waals surface area (Å²) in [6.07, 6.45) is 0. The second-order valence-corrected chi connectivity index (χ2v) is 7.31. The minimum atomic E-state index is -0.551. The van der Waals surface area contributed by atoms with Crippen molar-refractivity contribution in [2.45, 2.75) is 13.1 Å². The third-order valence-corrected chi connectivity index (χ3v) is 5.11. The fraction of sp³-hybridized carbons (Fsp3) is 0.278.